The summed E-state index contributed by atoms with van der Waals surface area (Å²) >= 11 is 0. The Kier molecular flexibility index (Phi) is 4.73. The van der Waals surface area contributed by atoms with Crippen LogP contribution in [0.1, 0.15) is 21.5 Å². The Morgan fingerprint density at radius 3 is 1.91 bits per heavy atom. The Bertz CT molecular complexity index is 713. The third-order valence-corrected chi connectivity index (χ3v) is 3.17. The fourth-order valence-electron chi connectivity index (χ4n) is 1.88. The highest BCUT2D eigenvalue weighted by Crippen LogP contribution is 2.13. The summed E-state index contributed by atoms with van der Waals surface area (Å²) in [6, 6.07) is 14.3. The Morgan fingerprint density at radius 1 is 0.909 bits per heavy atom. The molecule has 0 radical (unpaired) electrons. The predicted molar refractivity (Wildman–Crippen MR) is 86.0 cm³/mol. The van der Waals surface area contributed by atoms with Crippen molar-refractivity contribution in [2.45, 2.75) is 13.8 Å². The summed E-state index contributed by atoms with van der Waals surface area (Å²) in [6.07, 6.45) is 1.10. The normalized spacial score (nSPS) is 11.1. The molecular weight excluding hydrogens is 278 g/mol. The van der Waals surface area contributed by atoms with Gasteiger partial charge in [0.15, 0.2) is 5.78 Å². The first-order valence-corrected chi connectivity index (χ1v) is 6.85. The summed E-state index contributed by atoms with van der Waals surface area (Å²) in [4.78, 5) is 23.4. The van der Waals surface area contributed by atoms with Gasteiger partial charge in [0.05, 0.1) is 0 Å². The molecule has 2 aromatic carbocycles. The lowest BCUT2D eigenvalue weighted by molar-refractivity contribution is -0.132. The number of anilines is 1. The van der Waals surface area contributed by atoms with Crippen LogP contribution in [0.5, 0.6) is 0 Å². The lowest BCUT2D eigenvalue weighted by atomic mass is 10.1. The van der Waals surface area contributed by atoms with Crippen LogP contribution in [0.2, 0.25) is 0 Å². The monoisotopic (exact) mass is 295 g/mol. The van der Waals surface area contributed by atoms with Gasteiger partial charge in [-0.3, -0.25) is 4.79 Å². The van der Waals surface area contributed by atoms with Crippen LogP contribution < -0.4 is 5.32 Å². The van der Waals surface area contributed by atoms with Gasteiger partial charge in [0.25, 0.3) is 0 Å². The Morgan fingerprint density at radius 2 is 1.41 bits per heavy atom. The molecule has 0 aliphatic rings. The van der Waals surface area contributed by atoms with Gasteiger partial charge < -0.3 is 10.4 Å². The number of nitrogens with one attached hydrogen (secondary N) is 1. The molecule has 0 fully saturated rings. The molecule has 2 N–H and O–H groups in total. The van der Waals surface area contributed by atoms with E-state index in [-0.39, 0.29) is 11.5 Å². The molecule has 0 heterocycles. The van der Waals surface area contributed by atoms with E-state index < -0.39 is 5.97 Å². The number of carbonyl (C=O) groups excluding carboxylic acids is 1. The molecule has 0 amide bonds. The number of rotatable bonds is 5. The largest absolute Gasteiger partial charge is 0.477 e. The number of hydrogen-bond donors (Lipinski definition) is 2. The van der Waals surface area contributed by atoms with Crippen molar-refractivity contribution in [3.63, 3.8) is 0 Å². The Hall–Kier alpha value is -2.88. The van der Waals surface area contributed by atoms with Gasteiger partial charge in [-0.05, 0) is 26.0 Å². The minimum absolute atomic E-state index is 0.158. The van der Waals surface area contributed by atoms with Crippen molar-refractivity contribution in [1.29, 1.82) is 0 Å². The standard InChI is InChI=1S/C18H17NO3/c1-12-3-7-14(8-4-12)17(20)11-16(18(21)22)19-15-9-5-13(2)6-10-15/h3-11,19H,1-2H3,(H,21,22)/b16-11+. The fourth-order valence-corrected chi connectivity index (χ4v) is 1.88. The zero-order valence-corrected chi connectivity index (χ0v) is 12.5. The van der Waals surface area contributed by atoms with E-state index in [0.717, 1.165) is 17.2 Å². The second-order valence-corrected chi connectivity index (χ2v) is 5.08. The van der Waals surface area contributed by atoms with E-state index in [1.807, 2.05) is 38.1 Å². The van der Waals surface area contributed by atoms with Gasteiger partial charge in [0, 0.05) is 17.3 Å². The van der Waals surface area contributed by atoms with Crippen molar-refractivity contribution >= 4 is 17.4 Å². The molecule has 4 nitrogen and oxygen atoms in total. The van der Waals surface area contributed by atoms with Crippen LogP contribution in [-0.4, -0.2) is 16.9 Å². The van der Waals surface area contributed by atoms with Crippen molar-refractivity contribution in [3.8, 4) is 0 Å². The highest BCUT2D eigenvalue weighted by molar-refractivity contribution is 6.09. The molecule has 0 spiro atoms. The second-order valence-electron chi connectivity index (χ2n) is 5.08. The van der Waals surface area contributed by atoms with Crippen LogP contribution in [-0.2, 0) is 4.79 Å². The van der Waals surface area contributed by atoms with Gasteiger partial charge in [0.1, 0.15) is 5.70 Å². The smallest absolute Gasteiger partial charge is 0.352 e. The average Bonchev–Trinajstić information content (AvgIpc) is 2.49. The molecule has 0 bridgehead atoms. The maximum absolute atomic E-state index is 12.1. The van der Waals surface area contributed by atoms with Gasteiger partial charge in [-0.15, -0.1) is 0 Å². The highest BCUT2D eigenvalue weighted by atomic mass is 16.4. The van der Waals surface area contributed by atoms with E-state index in [0.29, 0.717) is 11.3 Å². The quantitative estimate of drug-likeness (QED) is 0.653. The lowest BCUT2D eigenvalue weighted by Gasteiger charge is -2.07. The number of carbonyl (C=O) groups is 2. The number of aryl methyl sites for hydroxylation is 2. The number of carboxylic acids is 1. The van der Waals surface area contributed by atoms with Crippen molar-refractivity contribution in [2.24, 2.45) is 0 Å². The first kappa shape index (κ1) is 15.5. The molecule has 0 aliphatic heterocycles. The van der Waals surface area contributed by atoms with Crippen LogP contribution in [0.25, 0.3) is 0 Å². The van der Waals surface area contributed by atoms with E-state index in [9.17, 15) is 14.7 Å². The van der Waals surface area contributed by atoms with E-state index in [1.165, 1.54) is 0 Å². The molecule has 0 saturated heterocycles. The molecular formula is C18H17NO3. The van der Waals surface area contributed by atoms with Gasteiger partial charge in [-0.2, -0.15) is 0 Å². The van der Waals surface area contributed by atoms with E-state index in [1.54, 1.807) is 24.3 Å². The van der Waals surface area contributed by atoms with Crippen LogP contribution in [0.15, 0.2) is 60.3 Å². The van der Waals surface area contributed by atoms with Crippen molar-refractivity contribution in [3.05, 3.63) is 77.0 Å². The minimum Gasteiger partial charge on any atom is -0.477 e. The summed E-state index contributed by atoms with van der Waals surface area (Å²) in [5.41, 5.74) is 3.03. The first-order valence-electron chi connectivity index (χ1n) is 6.85. The lowest BCUT2D eigenvalue weighted by Crippen LogP contribution is -2.13. The molecule has 112 valence electrons. The molecule has 0 unspecified atom stereocenters. The number of carboxylic acid groups (broad SMARTS) is 1. The molecule has 2 rings (SSSR count). The van der Waals surface area contributed by atoms with Crippen molar-refractivity contribution in [1.82, 2.24) is 0 Å². The van der Waals surface area contributed by atoms with Gasteiger partial charge in [-0.1, -0.05) is 47.5 Å². The third kappa shape index (κ3) is 4.06. The number of allylic oxidation sites excluding steroid dienone is 1. The molecule has 22 heavy (non-hydrogen) atoms. The van der Waals surface area contributed by atoms with E-state index in [4.69, 9.17) is 0 Å². The Balaban J connectivity index is 2.23. The summed E-state index contributed by atoms with van der Waals surface area (Å²) in [6.45, 7) is 3.87. The first-order chi connectivity index (χ1) is 10.5. The molecule has 4 heteroatoms. The van der Waals surface area contributed by atoms with Crippen LogP contribution in [0, 0.1) is 13.8 Å². The summed E-state index contributed by atoms with van der Waals surface area (Å²) < 4.78 is 0. The zero-order chi connectivity index (χ0) is 16.1. The molecule has 2 aromatic rings. The number of aliphatic carboxylic acids is 1. The molecule has 0 atom stereocenters. The van der Waals surface area contributed by atoms with Gasteiger partial charge in [-0.25, -0.2) is 4.79 Å². The summed E-state index contributed by atoms with van der Waals surface area (Å²) in [7, 11) is 0. The van der Waals surface area contributed by atoms with Crippen LogP contribution in [0.4, 0.5) is 5.69 Å². The zero-order valence-electron chi connectivity index (χ0n) is 12.5. The number of hydrogen-bond acceptors (Lipinski definition) is 3. The summed E-state index contributed by atoms with van der Waals surface area (Å²) in [5, 5.41) is 12.0. The second kappa shape index (κ2) is 6.72. The SMILES string of the molecule is Cc1ccc(N/C(=C/C(=O)c2ccc(C)cc2)C(=O)O)cc1. The van der Waals surface area contributed by atoms with E-state index in [2.05, 4.69) is 5.32 Å². The molecule has 0 aliphatic carbocycles. The van der Waals surface area contributed by atoms with Gasteiger partial charge >= 0.3 is 5.97 Å². The minimum atomic E-state index is -1.18. The van der Waals surface area contributed by atoms with Crippen molar-refractivity contribution in [2.75, 3.05) is 5.32 Å². The van der Waals surface area contributed by atoms with Crippen molar-refractivity contribution < 1.29 is 14.7 Å². The highest BCUT2D eigenvalue weighted by Gasteiger charge is 2.11. The van der Waals surface area contributed by atoms with Crippen LogP contribution >= 0.6 is 0 Å². The molecule has 0 saturated carbocycles. The predicted octanol–water partition coefficient (Wildman–Crippen LogP) is 3.57. The maximum atomic E-state index is 12.1. The van der Waals surface area contributed by atoms with E-state index >= 15 is 0 Å². The number of benzene rings is 2. The fraction of sp³-hybridized carbons (Fsp3) is 0.111. The average molecular weight is 295 g/mol. The summed E-state index contributed by atoms with van der Waals surface area (Å²) in [5.74, 6) is -1.53. The Labute approximate surface area is 129 Å². The maximum Gasteiger partial charge on any atom is 0.352 e. The van der Waals surface area contributed by atoms with Crippen LogP contribution in [0.3, 0.4) is 0 Å². The van der Waals surface area contributed by atoms with Gasteiger partial charge in [0.2, 0.25) is 0 Å². The number of ketones is 1. The topological polar surface area (TPSA) is 66.4 Å². The third-order valence-electron chi connectivity index (χ3n) is 3.17. The molecule has 0 aromatic heterocycles.